The van der Waals surface area contributed by atoms with Gasteiger partial charge < -0.3 is 14.8 Å². The molecule has 0 heterocycles. The van der Waals surface area contributed by atoms with Gasteiger partial charge in [0, 0.05) is 0 Å². The van der Waals surface area contributed by atoms with E-state index in [2.05, 4.69) is 10.1 Å². The lowest BCUT2D eigenvalue weighted by Crippen LogP contribution is -2.47. The summed E-state index contributed by atoms with van der Waals surface area (Å²) in [6.07, 6.45) is 0.601. The second-order valence-corrected chi connectivity index (χ2v) is 5.42. The number of rotatable bonds is 8. The smallest absolute Gasteiger partial charge is 0.328 e. The zero-order valence-electron chi connectivity index (χ0n) is 14.0. The minimum atomic E-state index is -0.789. The second-order valence-electron chi connectivity index (χ2n) is 5.42. The van der Waals surface area contributed by atoms with Crippen molar-refractivity contribution in [2.24, 2.45) is 5.92 Å². The molecule has 0 aliphatic rings. The van der Waals surface area contributed by atoms with E-state index in [1.54, 1.807) is 0 Å². The van der Waals surface area contributed by atoms with E-state index in [0.717, 1.165) is 0 Å². The monoisotopic (exact) mass is 339 g/mol. The van der Waals surface area contributed by atoms with Gasteiger partial charge in [0.25, 0.3) is 5.91 Å². The summed E-state index contributed by atoms with van der Waals surface area (Å²) in [6, 6.07) is 4.62. The molecule has 0 aliphatic carbocycles. The molecule has 1 rings (SSSR count). The molecule has 7 heteroatoms. The van der Waals surface area contributed by atoms with Crippen molar-refractivity contribution in [2.45, 2.75) is 32.7 Å². The van der Waals surface area contributed by atoms with Crippen molar-refractivity contribution >= 4 is 17.8 Å². The Morgan fingerprint density at radius 3 is 2.38 bits per heavy atom. The van der Waals surface area contributed by atoms with Crippen molar-refractivity contribution in [3.05, 3.63) is 35.6 Å². The zero-order valence-corrected chi connectivity index (χ0v) is 14.0. The van der Waals surface area contributed by atoms with Gasteiger partial charge in [-0.15, -0.1) is 0 Å². The topological polar surface area (TPSA) is 81.7 Å². The highest BCUT2D eigenvalue weighted by Crippen LogP contribution is 2.09. The number of esters is 2. The van der Waals surface area contributed by atoms with Crippen LogP contribution >= 0.6 is 0 Å². The third-order valence-electron chi connectivity index (χ3n) is 3.61. The SMILES string of the molecule is CC[C@@H](C)[C@H](NC(=O)COC(=O)Cc1ccc(F)cc1)C(=O)OC. The standard InChI is InChI=1S/C17H22FNO5/c1-4-11(2)16(17(22)23-3)19-14(20)10-24-15(21)9-12-5-7-13(18)8-6-12/h5-8,11,16H,4,9-10H2,1-3H3,(H,19,20)/t11-,16+/m1/s1. The van der Waals surface area contributed by atoms with Crippen LogP contribution in [-0.4, -0.2) is 37.6 Å². The van der Waals surface area contributed by atoms with Crippen LogP contribution in [0.4, 0.5) is 4.39 Å². The second kappa shape index (κ2) is 9.64. The van der Waals surface area contributed by atoms with Gasteiger partial charge >= 0.3 is 11.9 Å². The van der Waals surface area contributed by atoms with Crippen molar-refractivity contribution in [3.8, 4) is 0 Å². The average molecular weight is 339 g/mol. The number of halogens is 1. The first-order chi connectivity index (χ1) is 11.4. The number of benzene rings is 1. The Morgan fingerprint density at radius 1 is 1.21 bits per heavy atom. The van der Waals surface area contributed by atoms with Gasteiger partial charge in [-0.25, -0.2) is 9.18 Å². The Labute approximate surface area is 140 Å². The van der Waals surface area contributed by atoms with Crippen LogP contribution in [0.1, 0.15) is 25.8 Å². The molecule has 1 aromatic carbocycles. The molecule has 0 saturated heterocycles. The molecular weight excluding hydrogens is 317 g/mol. The highest BCUT2D eigenvalue weighted by atomic mass is 19.1. The Balaban J connectivity index is 2.47. The number of nitrogens with one attached hydrogen (secondary N) is 1. The van der Waals surface area contributed by atoms with E-state index in [-0.39, 0.29) is 12.3 Å². The van der Waals surface area contributed by atoms with Gasteiger partial charge in [-0.2, -0.15) is 0 Å². The van der Waals surface area contributed by atoms with Gasteiger partial charge in [-0.05, 0) is 23.6 Å². The van der Waals surface area contributed by atoms with Gasteiger partial charge in [0.15, 0.2) is 6.61 Å². The summed E-state index contributed by atoms with van der Waals surface area (Å²) in [4.78, 5) is 35.2. The van der Waals surface area contributed by atoms with Crippen LogP contribution in [0, 0.1) is 11.7 Å². The third-order valence-corrected chi connectivity index (χ3v) is 3.61. The third kappa shape index (κ3) is 6.36. The number of amides is 1. The van der Waals surface area contributed by atoms with Crippen LogP contribution in [0.2, 0.25) is 0 Å². The molecule has 1 amide bonds. The Morgan fingerprint density at radius 2 is 1.83 bits per heavy atom. The van der Waals surface area contributed by atoms with Crippen molar-refractivity contribution in [3.63, 3.8) is 0 Å². The molecule has 0 spiro atoms. The summed E-state index contributed by atoms with van der Waals surface area (Å²) in [5.74, 6) is -2.26. The molecule has 0 aliphatic heterocycles. The normalized spacial score (nSPS) is 12.8. The summed E-state index contributed by atoms with van der Waals surface area (Å²) < 4.78 is 22.3. The lowest BCUT2D eigenvalue weighted by molar-refractivity contribution is -0.150. The minimum absolute atomic E-state index is 0.0701. The number of hydrogen-bond donors (Lipinski definition) is 1. The number of carbonyl (C=O) groups is 3. The molecule has 1 aromatic rings. The molecule has 0 saturated carbocycles. The fourth-order valence-corrected chi connectivity index (χ4v) is 1.98. The van der Waals surface area contributed by atoms with Crippen molar-refractivity contribution in [1.29, 1.82) is 0 Å². The first-order valence-electron chi connectivity index (χ1n) is 7.64. The first kappa shape index (κ1) is 19.6. The summed E-state index contributed by atoms with van der Waals surface area (Å²) in [5, 5.41) is 2.50. The molecular formula is C17H22FNO5. The maximum atomic E-state index is 12.8. The van der Waals surface area contributed by atoms with Crippen molar-refractivity contribution in [2.75, 3.05) is 13.7 Å². The maximum absolute atomic E-state index is 12.8. The van der Waals surface area contributed by atoms with E-state index >= 15 is 0 Å². The molecule has 0 bridgehead atoms. The average Bonchev–Trinajstić information content (AvgIpc) is 2.58. The fraction of sp³-hybridized carbons (Fsp3) is 0.471. The molecule has 0 fully saturated rings. The van der Waals surface area contributed by atoms with Gasteiger partial charge in [0.05, 0.1) is 13.5 Å². The van der Waals surface area contributed by atoms with Gasteiger partial charge in [-0.1, -0.05) is 32.4 Å². The van der Waals surface area contributed by atoms with Gasteiger partial charge in [0.2, 0.25) is 0 Å². The number of hydrogen-bond acceptors (Lipinski definition) is 5. The number of ether oxygens (including phenoxy) is 2. The summed E-state index contributed by atoms with van der Waals surface area (Å²) >= 11 is 0. The molecule has 0 aromatic heterocycles. The van der Waals surface area contributed by atoms with Crippen LogP contribution in [0.25, 0.3) is 0 Å². The van der Waals surface area contributed by atoms with Gasteiger partial charge in [-0.3, -0.25) is 9.59 Å². The summed E-state index contributed by atoms with van der Waals surface area (Å²) in [6.45, 7) is 3.20. The Kier molecular flexibility index (Phi) is 7.88. The predicted molar refractivity (Wildman–Crippen MR) is 84.5 cm³/mol. The Hall–Kier alpha value is -2.44. The summed E-state index contributed by atoms with van der Waals surface area (Å²) in [5.41, 5.74) is 0.578. The fourth-order valence-electron chi connectivity index (χ4n) is 1.98. The molecule has 24 heavy (non-hydrogen) atoms. The van der Waals surface area contributed by atoms with E-state index in [9.17, 15) is 18.8 Å². The van der Waals surface area contributed by atoms with Crippen LogP contribution in [0.3, 0.4) is 0 Å². The van der Waals surface area contributed by atoms with Crippen LogP contribution in [-0.2, 0) is 30.3 Å². The van der Waals surface area contributed by atoms with E-state index in [4.69, 9.17) is 4.74 Å². The van der Waals surface area contributed by atoms with E-state index in [1.807, 2.05) is 13.8 Å². The molecule has 0 unspecified atom stereocenters. The van der Waals surface area contributed by atoms with Crippen LogP contribution in [0.15, 0.2) is 24.3 Å². The number of methoxy groups -OCH3 is 1. The van der Waals surface area contributed by atoms with E-state index < -0.39 is 36.3 Å². The minimum Gasteiger partial charge on any atom is -0.467 e. The van der Waals surface area contributed by atoms with Crippen LogP contribution < -0.4 is 5.32 Å². The van der Waals surface area contributed by atoms with Crippen molar-refractivity contribution in [1.82, 2.24) is 5.32 Å². The number of carbonyl (C=O) groups excluding carboxylic acids is 3. The van der Waals surface area contributed by atoms with E-state index in [0.29, 0.717) is 12.0 Å². The molecule has 6 nitrogen and oxygen atoms in total. The molecule has 1 N–H and O–H groups in total. The predicted octanol–water partition coefficient (Wildman–Crippen LogP) is 1.62. The van der Waals surface area contributed by atoms with Gasteiger partial charge in [0.1, 0.15) is 11.9 Å². The highest BCUT2D eigenvalue weighted by Gasteiger charge is 2.26. The summed E-state index contributed by atoms with van der Waals surface area (Å²) in [7, 11) is 1.24. The molecule has 132 valence electrons. The lowest BCUT2D eigenvalue weighted by Gasteiger charge is -2.21. The maximum Gasteiger partial charge on any atom is 0.328 e. The highest BCUT2D eigenvalue weighted by molar-refractivity contribution is 5.86. The van der Waals surface area contributed by atoms with Crippen LogP contribution in [0.5, 0.6) is 0 Å². The lowest BCUT2D eigenvalue weighted by atomic mass is 9.99. The first-order valence-corrected chi connectivity index (χ1v) is 7.64. The molecule has 0 radical (unpaired) electrons. The van der Waals surface area contributed by atoms with Crippen molar-refractivity contribution < 1.29 is 28.2 Å². The van der Waals surface area contributed by atoms with E-state index in [1.165, 1.54) is 31.4 Å². The zero-order chi connectivity index (χ0) is 18.1. The quantitative estimate of drug-likeness (QED) is 0.728. The Bertz CT molecular complexity index is 573. The largest absolute Gasteiger partial charge is 0.467 e. The molecule has 2 atom stereocenters.